The number of aliphatic hydroxyl groups is 5. The van der Waals surface area contributed by atoms with Crippen LogP contribution in [0, 0.1) is 12.7 Å². The third-order valence-electron chi connectivity index (χ3n) is 3.87. The highest BCUT2D eigenvalue weighted by atomic mass is 19.1. The molecule has 21 heavy (non-hydrogen) atoms. The molecular weight excluding hydrogens is 283 g/mol. The van der Waals surface area contributed by atoms with Crippen LogP contribution in [-0.2, 0) is 4.74 Å². The SMILES string of the molecule is Cc1cc(C2O[C@H](C(O)CO)[C@H](O)[C@@]2(O)CO)ccc1F. The van der Waals surface area contributed by atoms with Crippen LogP contribution in [0.4, 0.5) is 4.39 Å². The van der Waals surface area contributed by atoms with E-state index in [4.69, 9.17) is 9.84 Å². The van der Waals surface area contributed by atoms with Crippen molar-refractivity contribution in [1.82, 2.24) is 0 Å². The van der Waals surface area contributed by atoms with Gasteiger partial charge in [-0.05, 0) is 24.1 Å². The van der Waals surface area contributed by atoms with E-state index in [-0.39, 0.29) is 0 Å². The molecule has 5 atom stereocenters. The van der Waals surface area contributed by atoms with Gasteiger partial charge >= 0.3 is 0 Å². The predicted octanol–water partition coefficient (Wildman–Crippen LogP) is -0.988. The summed E-state index contributed by atoms with van der Waals surface area (Å²) in [7, 11) is 0. The Labute approximate surface area is 121 Å². The summed E-state index contributed by atoms with van der Waals surface area (Å²) in [5, 5.41) is 48.5. The summed E-state index contributed by atoms with van der Waals surface area (Å²) >= 11 is 0. The summed E-state index contributed by atoms with van der Waals surface area (Å²) in [5.74, 6) is -0.434. The van der Waals surface area contributed by atoms with Gasteiger partial charge in [0.15, 0.2) is 0 Å². The van der Waals surface area contributed by atoms with Crippen LogP contribution in [0.5, 0.6) is 0 Å². The minimum absolute atomic E-state index is 0.317. The first-order valence-corrected chi connectivity index (χ1v) is 6.57. The number of benzene rings is 1. The second kappa shape index (κ2) is 5.96. The van der Waals surface area contributed by atoms with E-state index in [0.29, 0.717) is 11.1 Å². The van der Waals surface area contributed by atoms with Gasteiger partial charge in [-0.3, -0.25) is 0 Å². The Morgan fingerprint density at radius 3 is 2.57 bits per heavy atom. The molecule has 1 fully saturated rings. The summed E-state index contributed by atoms with van der Waals surface area (Å²) in [6, 6.07) is 3.99. The van der Waals surface area contributed by atoms with Crippen molar-refractivity contribution in [1.29, 1.82) is 0 Å². The molecule has 1 aromatic carbocycles. The molecule has 0 aromatic heterocycles. The van der Waals surface area contributed by atoms with Crippen LogP contribution in [-0.4, -0.2) is 62.7 Å². The smallest absolute Gasteiger partial charge is 0.146 e. The van der Waals surface area contributed by atoms with Gasteiger partial charge < -0.3 is 30.3 Å². The highest BCUT2D eigenvalue weighted by Crippen LogP contribution is 2.42. The molecule has 0 spiro atoms. The van der Waals surface area contributed by atoms with Gasteiger partial charge in [0.1, 0.15) is 35.8 Å². The van der Waals surface area contributed by atoms with Crippen molar-refractivity contribution in [3.63, 3.8) is 0 Å². The molecular formula is C14H19FO6. The number of ether oxygens (including phenoxy) is 1. The number of aliphatic hydroxyl groups excluding tert-OH is 4. The molecule has 1 saturated heterocycles. The van der Waals surface area contributed by atoms with E-state index in [2.05, 4.69) is 0 Å². The summed E-state index contributed by atoms with van der Waals surface area (Å²) in [5.41, 5.74) is -1.38. The van der Waals surface area contributed by atoms with E-state index in [9.17, 15) is 24.8 Å². The zero-order valence-corrected chi connectivity index (χ0v) is 11.5. The summed E-state index contributed by atoms with van der Waals surface area (Å²) in [6.07, 6.45) is -5.42. The van der Waals surface area contributed by atoms with Crippen LogP contribution in [0.1, 0.15) is 17.2 Å². The van der Waals surface area contributed by atoms with Crippen LogP contribution in [0.15, 0.2) is 18.2 Å². The average Bonchev–Trinajstić information content (AvgIpc) is 2.74. The molecule has 6 nitrogen and oxygen atoms in total. The Kier molecular flexibility index (Phi) is 4.62. The lowest BCUT2D eigenvalue weighted by atomic mass is 9.86. The second-order valence-corrected chi connectivity index (χ2v) is 5.33. The van der Waals surface area contributed by atoms with E-state index >= 15 is 0 Å². The molecule has 2 rings (SSSR count). The first-order valence-electron chi connectivity index (χ1n) is 6.57. The zero-order valence-electron chi connectivity index (χ0n) is 11.5. The van der Waals surface area contributed by atoms with Crippen molar-refractivity contribution in [3.8, 4) is 0 Å². The van der Waals surface area contributed by atoms with Crippen molar-refractivity contribution in [2.45, 2.75) is 36.9 Å². The normalized spacial score (nSPS) is 34.1. The first kappa shape index (κ1) is 16.3. The number of hydrogen-bond acceptors (Lipinski definition) is 6. The molecule has 0 saturated carbocycles. The average molecular weight is 302 g/mol. The van der Waals surface area contributed by atoms with Gasteiger partial charge in [0.2, 0.25) is 0 Å². The molecule has 1 aliphatic heterocycles. The molecule has 1 heterocycles. The van der Waals surface area contributed by atoms with Crippen molar-refractivity contribution < 1.29 is 34.7 Å². The van der Waals surface area contributed by atoms with E-state index in [1.165, 1.54) is 25.1 Å². The van der Waals surface area contributed by atoms with Gasteiger partial charge in [-0.15, -0.1) is 0 Å². The van der Waals surface area contributed by atoms with Gasteiger partial charge in [0.05, 0.1) is 13.2 Å². The molecule has 2 unspecified atom stereocenters. The van der Waals surface area contributed by atoms with E-state index in [1.54, 1.807) is 0 Å². The topological polar surface area (TPSA) is 110 Å². The van der Waals surface area contributed by atoms with Crippen LogP contribution >= 0.6 is 0 Å². The molecule has 0 bridgehead atoms. The molecule has 1 aromatic rings. The molecule has 1 aliphatic rings. The van der Waals surface area contributed by atoms with Crippen molar-refractivity contribution in [2.24, 2.45) is 0 Å². The van der Waals surface area contributed by atoms with E-state index in [0.717, 1.165) is 0 Å². The lowest BCUT2D eigenvalue weighted by Gasteiger charge is -2.29. The van der Waals surface area contributed by atoms with Gasteiger partial charge in [-0.2, -0.15) is 0 Å². The summed E-state index contributed by atoms with van der Waals surface area (Å²) in [6.45, 7) is 0.0462. The molecule has 0 aliphatic carbocycles. The van der Waals surface area contributed by atoms with Crippen molar-refractivity contribution in [3.05, 3.63) is 35.1 Å². The number of halogens is 1. The maximum absolute atomic E-state index is 13.3. The highest BCUT2D eigenvalue weighted by Gasteiger charge is 2.57. The van der Waals surface area contributed by atoms with Crippen molar-refractivity contribution in [2.75, 3.05) is 13.2 Å². The van der Waals surface area contributed by atoms with Gasteiger partial charge in [-0.1, -0.05) is 12.1 Å². The first-order chi connectivity index (χ1) is 9.85. The third kappa shape index (κ3) is 2.68. The zero-order chi connectivity index (χ0) is 15.8. The fourth-order valence-electron chi connectivity index (χ4n) is 2.57. The van der Waals surface area contributed by atoms with E-state index < -0.39 is 49.0 Å². The third-order valence-corrected chi connectivity index (χ3v) is 3.87. The predicted molar refractivity (Wildman–Crippen MR) is 69.9 cm³/mol. The molecule has 0 amide bonds. The van der Waals surface area contributed by atoms with Gasteiger partial charge in [0, 0.05) is 0 Å². The maximum Gasteiger partial charge on any atom is 0.146 e. The quantitative estimate of drug-likeness (QED) is 0.488. The Balaban J connectivity index is 2.39. The Bertz CT molecular complexity index is 510. The molecule has 118 valence electrons. The molecule has 5 N–H and O–H groups in total. The van der Waals surface area contributed by atoms with E-state index in [1.807, 2.05) is 0 Å². The number of aryl methyl sites for hydroxylation is 1. The summed E-state index contributed by atoms with van der Waals surface area (Å²) in [4.78, 5) is 0. The fraction of sp³-hybridized carbons (Fsp3) is 0.571. The largest absolute Gasteiger partial charge is 0.394 e. The second-order valence-electron chi connectivity index (χ2n) is 5.33. The number of hydrogen-bond donors (Lipinski definition) is 5. The lowest BCUT2D eigenvalue weighted by Crippen LogP contribution is -2.50. The monoisotopic (exact) mass is 302 g/mol. The highest BCUT2D eigenvalue weighted by molar-refractivity contribution is 5.29. The summed E-state index contributed by atoms with van der Waals surface area (Å²) < 4.78 is 18.7. The standard InChI is InChI=1S/C14H19FO6/c1-7-4-8(2-3-9(7)15)13-14(20,6-17)12(19)11(21-13)10(18)5-16/h2-4,10-13,16-20H,5-6H2,1H3/t10?,11-,12+,13?,14+/m1/s1. The van der Waals surface area contributed by atoms with Crippen LogP contribution in [0.25, 0.3) is 0 Å². The van der Waals surface area contributed by atoms with Crippen LogP contribution < -0.4 is 0 Å². The number of rotatable bonds is 4. The van der Waals surface area contributed by atoms with Crippen LogP contribution in [0.2, 0.25) is 0 Å². The Morgan fingerprint density at radius 2 is 2.05 bits per heavy atom. The van der Waals surface area contributed by atoms with Gasteiger partial charge in [0.25, 0.3) is 0 Å². The minimum Gasteiger partial charge on any atom is -0.394 e. The minimum atomic E-state index is -2.05. The Hall–Kier alpha value is -1.09. The van der Waals surface area contributed by atoms with Gasteiger partial charge in [-0.25, -0.2) is 4.39 Å². The Morgan fingerprint density at radius 1 is 1.38 bits per heavy atom. The lowest BCUT2D eigenvalue weighted by molar-refractivity contribution is -0.110. The molecule has 0 radical (unpaired) electrons. The fourth-order valence-corrected chi connectivity index (χ4v) is 2.57. The van der Waals surface area contributed by atoms with Crippen molar-refractivity contribution >= 4 is 0 Å². The maximum atomic E-state index is 13.3. The van der Waals surface area contributed by atoms with Crippen LogP contribution in [0.3, 0.4) is 0 Å². The molecule has 7 heteroatoms.